The molecule has 1 heterocycles. The van der Waals surface area contributed by atoms with Crippen LogP contribution in [0.3, 0.4) is 0 Å². The maximum Gasteiger partial charge on any atom is 0.231 e. The zero-order valence-electron chi connectivity index (χ0n) is 14.7. The van der Waals surface area contributed by atoms with Gasteiger partial charge in [0.15, 0.2) is 11.5 Å². The first-order chi connectivity index (χ1) is 12.7. The molecule has 1 saturated carbocycles. The van der Waals surface area contributed by atoms with E-state index in [1.807, 2.05) is 42.5 Å². The van der Waals surface area contributed by atoms with Gasteiger partial charge in [-0.2, -0.15) is 0 Å². The number of rotatable bonds is 4. The molecule has 2 aromatic rings. The fourth-order valence-electron chi connectivity index (χ4n) is 3.48. The molecule has 1 atom stereocenters. The van der Waals surface area contributed by atoms with Crippen LogP contribution < -0.4 is 14.2 Å². The van der Waals surface area contributed by atoms with E-state index in [2.05, 4.69) is 0 Å². The van der Waals surface area contributed by atoms with Gasteiger partial charge in [0, 0.05) is 18.6 Å². The average molecular weight is 351 g/mol. The van der Waals surface area contributed by atoms with Crippen molar-refractivity contribution >= 4 is 11.5 Å². The standard InChI is InChI=1S/C21H21NO4/c1-24-19-5-3-15(4-6-19)16-9-17(11-18(23)10-16)22-12-14-2-7-20-21(8-14)26-13-25-20/h2-8,16H,9-13H2,1H3/t16-/m0/s1. The number of nitrogens with zero attached hydrogens (tertiary/aromatic N) is 1. The van der Waals surface area contributed by atoms with Crippen LogP contribution in [0.5, 0.6) is 17.2 Å². The van der Waals surface area contributed by atoms with E-state index in [9.17, 15) is 4.79 Å². The molecule has 0 aromatic heterocycles. The Morgan fingerprint density at radius 2 is 1.88 bits per heavy atom. The van der Waals surface area contributed by atoms with Gasteiger partial charge in [-0.1, -0.05) is 18.2 Å². The minimum atomic E-state index is 0.192. The summed E-state index contributed by atoms with van der Waals surface area (Å²) in [7, 11) is 1.65. The molecule has 134 valence electrons. The van der Waals surface area contributed by atoms with Crippen LogP contribution >= 0.6 is 0 Å². The Bertz CT molecular complexity index is 842. The van der Waals surface area contributed by atoms with E-state index < -0.39 is 0 Å². The maximum absolute atomic E-state index is 12.2. The van der Waals surface area contributed by atoms with Crippen LogP contribution in [0.25, 0.3) is 0 Å². The molecule has 5 heteroatoms. The molecule has 0 unspecified atom stereocenters. The molecule has 4 rings (SSSR count). The van der Waals surface area contributed by atoms with Gasteiger partial charge < -0.3 is 14.2 Å². The van der Waals surface area contributed by atoms with Crippen molar-refractivity contribution in [3.8, 4) is 17.2 Å². The average Bonchev–Trinajstić information content (AvgIpc) is 3.14. The van der Waals surface area contributed by atoms with Crippen molar-refractivity contribution < 1.29 is 19.0 Å². The van der Waals surface area contributed by atoms with Gasteiger partial charge in [-0.15, -0.1) is 0 Å². The molecule has 5 nitrogen and oxygen atoms in total. The van der Waals surface area contributed by atoms with Crippen LogP contribution in [0.15, 0.2) is 47.5 Å². The second-order valence-electron chi connectivity index (χ2n) is 6.66. The third-order valence-corrected chi connectivity index (χ3v) is 4.87. The largest absolute Gasteiger partial charge is 0.497 e. The van der Waals surface area contributed by atoms with E-state index in [-0.39, 0.29) is 18.5 Å². The van der Waals surface area contributed by atoms with Gasteiger partial charge in [-0.05, 0) is 47.7 Å². The molecule has 1 fully saturated rings. The van der Waals surface area contributed by atoms with E-state index in [0.717, 1.165) is 40.5 Å². The van der Waals surface area contributed by atoms with Crippen LogP contribution in [0.4, 0.5) is 0 Å². The fraction of sp³-hybridized carbons (Fsp3) is 0.333. The van der Waals surface area contributed by atoms with Crippen LogP contribution in [-0.2, 0) is 11.3 Å². The van der Waals surface area contributed by atoms with Gasteiger partial charge in [0.25, 0.3) is 0 Å². The number of ether oxygens (including phenoxy) is 3. The second kappa shape index (κ2) is 7.20. The minimum Gasteiger partial charge on any atom is -0.497 e. The monoisotopic (exact) mass is 351 g/mol. The molecule has 0 radical (unpaired) electrons. The second-order valence-corrected chi connectivity index (χ2v) is 6.66. The molecule has 1 aliphatic heterocycles. The Labute approximate surface area is 152 Å². The van der Waals surface area contributed by atoms with Crippen molar-refractivity contribution in [2.24, 2.45) is 4.99 Å². The van der Waals surface area contributed by atoms with E-state index >= 15 is 0 Å². The first-order valence-electron chi connectivity index (χ1n) is 8.77. The highest BCUT2D eigenvalue weighted by Gasteiger charge is 2.25. The lowest BCUT2D eigenvalue weighted by Crippen LogP contribution is -2.21. The summed E-state index contributed by atoms with van der Waals surface area (Å²) in [6, 6.07) is 13.8. The first kappa shape index (κ1) is 16.6. The van der Waals surface area contributed by atoms with Gasteiger partial charge in [-0.3, -0.25) is 9.79 Å². The molecule has 1 aliphatic carbocycles. The SMILES string of the molecule is COc1ccc([C@@H]2CC(=O)CC(=NCc3ccc4c(c3)OCO4)C2)cc1. The first-order valence-corrected chi connectivity index (χ1v) is 8.77. The van der Waals surface area contributed by atoms with Crippen molar-refractivity contribution in [3.63, 3.8) is 0 Å². The van der Waals surface area contributed by atoms with Crippen molar-refractivity contribution in [2.75, 3.05) is 13.9 Å². The number of methoxy groups -OCH3 is 1. The summed E-state index contributed by atoms with van der Waals surface area (Å²) in [5.41, 5.74) is 3.19. The number of carbonyl (C=O) groups excluding carboxylic acids is 1. The summed E-state index contributed by atoms with van der Waals surface area (Å²) in [6.45, 7) is 0.819. The molecule has 2 aliphatic rings. The van der Waals surface area contributed by atoms with Crippen molar-refractivity contribution in [1.29, 1.82) is 0 Å². The number of hydrogen-bond acceptors (Lipinski definition) is 5. The summed E-state index contributed by atoms with van der Waals surface area (Å²) in [5, 5.41) is 0. The quantitative estimate of drug-likeness (QED) is 0.838. The smallest absolute Gasteiger partial charge is 0.231 e. The van der Waals surface area contributed by atoms with Gasteiger partial charge in [-0.25, -0.2) is 0 Å². The molecular weight excluding hydrogens is 330 g/mol. The molecule has 0 N–H and O–H groups in total. The highest BCUT2D eigenvalue weighted by Crippen LogP contribution is 2.33. The summed E-state index contributed by atoms with van der Waals surface area (Å²) >= 11 is 0. The Balaban J connectivity index is 1.47. The van der Waals surface area contributed by atoms with Crippen LogP contribution in [-0.4, -0.2) is 25.4 Å². The number of benzene rings is 2. The van der Waals surface area contributed by atoms with Crippen LogP contribution in [0, 0.1) is 0 Å². The number of ketones is 1. The normalized spacial score (nSPS) is 20.4. The lowest BCUT2D eigenvalue weighted by molar-refractivity contribution is -0.118. The van der Waals surface area contributed by atoms with Gasteiger partial charge >= 0.3 is 0 Å². The van der Waals surface area contributed by atoms with Crippen LogP contribution in [0.1, 0.15) is 36.3 Å². The van der Waals surface area contributed by atoms with Crippen molar-refractivity contribution in [1.82, 2.24) is 0 Å². The fourth-order valence-corrected chi connectivity index (χ4v) is 3.48. The number of Topliss-reactive ketones (excluding diaryl/α,β-unsaturated/α-hetero) is 1. The third-order valence-electron chi connectivity index (χ3n) is 4.87. The Hall–Kier alpha value is -2.82. The highest BCUT2D eigenvalue weighted by atomic mass is 16.7. The topological polar surface area (TPSA) is 57.1 Å². The lowest BCUT2D eigenvalue weighted by Gasteiger charge is -2.23. The molecule has 2 aromatic carbocycles. The van der Waals surface area contributed by atoms with Gasteiger partial charge in [0.05, 0.1) is 13.7 Å². The van der Waals surface area contributed by atoms with Gasteiger partial charge in [0.1, 0.15) is 11.5 Å². The maximum atomic E-state index is 12.2. The molecule has 26 heavy (non-hydrogen) atoms. The molecule has 0 amide bonds. The molecule has 0 saturated heterocycles. The predicted octanol–water partition coefficient (Wildman–Crippen LogP) is 3.90. The van der Waals surface area contributed by atoms with E-state index in [4.69, 9.17) is 19.2 Å². The van der Waals surface area contributed by atoms with Crippen LogP contribution in [0.2, 0.25) is 0 Å². The zero-order chi connectivity index (χ0) is 17.9. The summed E-state index contributed by atoms with van der Waals surface area (Å²) in [4.78, 5) is 16.9. The summed E-state index contributed by atoms with van der Waals surface area (Å²) in [6.07, 6.45) is 1.86. The molecule has 0 bridgehead atoms. The Morgan fingerprint density at radius 1 is 1.08 bits per heavy atom. The highest BCUT2D eigenvalue weighted by molar-refractivity contribution is 6.05. The van der Waals surface area contributed by atoms with E-state index in [1.165, 1.54) is 0 Å². The Morgan fingerprint density at radius 3 is 2.69 bits per heavy atom. The summed E-state index contributed by atoms with van der Waals surface area (Å²) < 4.78 is 15.9. The third kappa shape index (κ3) is 3.57. The molecule has 0 spiro atoms. The molecular formula is C21H21NO4. The van der Waals surface area contributed by atoms with E-state index in [1.54, 1.807) is 7.11 Å². The lowest BCUT2D eigenvalue weighted by atomic mass is 9.82. The predicted molar refractivity (Wildman–Crippen MR) is 98.3 cm³/mol. The van der Waals surface area contributed by atoms with Crippen molar-refractivity contribution in [2.45, 2.75) is 31.7 Å². The summed E-state index contributed by atoms with van der Waals surface area (Å²) in [5.74, 6) is 2.80. The minimum absolute atomic E-state index is 0.192. The van der Waals surface area contributed by atoms with Crippen molar-refractivity contribution in [3.05, 3.63) is 53.6 Å². The number of carbonyl (C=O) groups is 1. The number of aliphatic imine (C=N–C) groups is 1. The zero-order valence-corrected chi connectivity index (χ0v) is 14.7. The number of fused-ring (bicyclic) bond motifs is 1. The van der Waals surface area contributed by atoms with Gasteiger partial charge in [0.2, 0.25) is 6.79 Å². The van der Waals surface area contributed by atoms with E-state index in [0.29, 0.717) is 19.4 Å². The Kier molecular flexibility index (Phi) is 4.61. The number of hydrogen-bond donors (Lipinski definition) is 0.